The molecule has 2 aromatic rings. The average Bonchev–Trinajstić information content (AvgIpc) is 3.25. The molecule has 2 saturated heterocycles. The van der Waals surface area contributed by atoms with Crippen LogP contribution in [0.15, 0.2) is 48.6 Å². The molecule has 3 heterocycles. The average molecular weight is 474 g/mol. The van der Waals surface area contributed by atoms with Gasteiger partial charge in [-0.05, 0) is 106 Å². The fourth-order valence-electron chi connectivity index (χ4n) is 5.89. The van der Waals surface area contributed by atoms with E-state index in [0.29, 0.717) is 11.8 Å². The summed E-state index contributed by atoms with van der Waals surface area (Å²) in [6.45, 7) is 14.4. The standard InChI is InChI=1S/C31H43N3O/c1-5-7-26(20-22(3)4)31-27(6-2)28-21-25(9-10-29(28)33-31)24-14-18-34(19-15-24)30(35)11-8-23-12-16-32-17-13-23/h5,7,9-10,20-21,23-24,32-33H,1,6,8,11-19H2,2-4H3/b26-7+. The molecule has 0 saturated carbocycles. The number of rotatable bonds is 8. The second-order valence-corrected chi connectivity index (χ2v) is 10.6. The van der Waals surface area contributed by atoms with Crippen LogP contribution in [-0.4, -0.2) is 42.0 Å². The normalized spacial score (nSPS) is 18.1. The van der Waals surface area contributed by atoms with Crippen molar-refractivity contribution >= 4 is 22.4 Å². The van der Waals surface area contributed by atoms with Gasteiger partial charge in [-0.15, -0.1) is 0 Å². The van der Waals surface area contributed by atoms with E-state index in [2.05, 4.69) is 72.9 Å². The zero-order valence-electron chi connectivity index (χ0n) is 22.0. The van der Waals surface area contributed by atoms with E-state index in [1.807, 2.05) is 6.08 Å². The molecule has 2 aliphatic rings. The summed E-state index contributed by atoms with van der Waals surface area (Å²) in [5, 5.41) is 4.75. The molecule has 1 aromatic heterocycles. The molecule has 0 unspecified atom stereocenters. The van der Waals surface area contributed by atoms with E-state index in [4.69, 9.17) is 0 Å². The summed E-state index contributed by atoms with van der Waals surface area (Å²) in [7, 11) is 0. The van der Waals surface area contributed by atoms with E-state index in [1.165, 1.54) is 51.7 Å². The minimum absolute atomic E-state index is 0.363. The molecule has 0 atom stereocenters. The fourth-order valence-corrected chi connectivity index (χ4v) is 5.89. The molecular formula is C31H43N3O. The molecule has 0 aliphatic carbocycles. The Morgan fingerprint density at radius 1 is 1.14 bits per heavy atom. The van der Waals surface area contributed by atoms with Crippen molar-refractivity contribution in [3.8, 4) is 0 Å². The highest BCUT2D eigenvalue weighted by Crippen LogP contribution is 2.35. The van der Waals surface area contributed by atoms with Gasteiger partial charge in [0.25, 0.3) is 0 Å². The van der Waals surface area contributed by atoms with Crippen molar-refractivity contribution in [3.05, 3.63) is 65.4 Å². The summed E-state index contributed by atoms with van der Waals surface area (Å²) >= 11 is 0. The Hall–Kier alpha value is -2.59. The summed E-state index contributed by atoms with van der Waals surface area (Å²) in [6, 6.07) is 6.94. The number of nitrogens with one attached hydrogen (secondary N) is 2. The number of fused-ring (bicyclic) bond motifs is 1. The van der Waals surface area contributed by atoms with Crippen molar-refractivity contribution in [1.29, 1.82) is 0 Å². The first-order chi connectivity index (χ1) is 17.0. The first-order valence-corrected chi connectivity index (χ1v) is 13.6. The first-order valence-electron chi connectivity index (χ1n) is 13.6. The van der Waals surface area contributed by atoms with Gasteiger partial charge in [0.05, 0.1) is 0 Å². The van der Waals surface area contributed by atoms with Gasteiger partial charge in [-0.3, -0.25) is 4.79 Å². The lowest BCUT2D eigenvalue weighted by Crippen LogP contribution is -2.38. The van der Waals surface area contributed by atoms with Gasteiger partial charge in [-0.25, -0.2) is 0 Å². The molecular weight excluding hydrogens is 430 g/mol. The van der Waals surface area contributed by atoms with E-state index in [9.17, 15) is 4.79 Å². The zero-order chi connectivity index (χ0) is 24.8. The van der Waals surface area contributed by atoms with Gasteiger partial charge in [0.15, 0.2) is 0 Å². The number of nitrogens with zero attached hydrogens (tertiary/aromatic N) is 1. The summed E-state index contributed by atoms with van der Waals surface area (Å²) < 4.78 is 0. The molecule has 35 heavy (non-hydrogen) atoms. The minimum atomic E-state index is 0.363. The molecule has 1 amide bonds. The number of allylic oxidation sites excluding steroid dienone is 5. The molecule has 0 bridgehead atoms. The Morgan fingerprint density at radius 3 is 2.54 bits per heavy atom. The van der Waals surface area contributed by atoms with Crippen LogP contribution in [0.4, 0.5) is 0 Å². The monoisotopic (exact) mass is 473 g/mol. The number of carbonyl (C=O) groups is 1. The summed E-state index contributed by atoms with van der Waals surface area (Å²) in [6.07, 6.45) is 13.5. The SMILES string of the molecule is C=C/C=C(\C=C(C)C)c1[nH]c2ccc(C3CCN(C(=O)CCC4CCNCC4)CC3)cc2c1CC. The molecule has 2 N–H and O–H groups in total. The van der Waals surface area contributed by atoms with Crippen molar-refractivity contribution in [2.45, 2.75) is 71.6 Å². The maximum Gasteiger partial charge on any atom is 0.222 e. The van der Waals surface area contributed by atoms with E-state index >= 15 is 0 Å². The summed E-state index contributed by atoms with van der Waals surface area (Å²) in [5.41, 5.74) is 7.65. The number of H-pyrrole nitrogens is 1. The highest BCUT2D eigenvalue weighted by Gasteiger charge is 2.25. The van der Waals surface area contributed by atoms with Crippen LogP contribution < -0.4 is 5.32 Å². The lowest BCUT2D eigenvalue weighted by Gasteiger charge is -2.33. The van der Waals surface area contributed by atoms with Crippen molar-refractivity contribution < 1.29 is 4.79 Å². The van der Waals surface area contributed by atoms with Crippen LogP contribution >= 0.6 is 0 Å². The van der Waals surface area contributed by atoms with Crippen LogP contribution in [0.1, 0.15) is 82.0 Å². The molecule has 0 radical (unpaired) electrons. The second kappa shape index (κ2) is 11.9. The van der Waals surface area contributed by atoms with E-state index in [0.717, 1.165) is 64.2 Å². The van der Waals surface area contributed by atoms with Crippen LogP contribution in [-0.2, 0) is 11.2 Å². The molecule has 4 nitrogen and oxygen atoms in total. The van der Waals surface area contributed by atoms with Crippen LogP contribution in [0.3, 0.4) is 0 Å². The Balaban J connectivity index is 1.44. The predicted molar refractivity (Wildman–Crippen MR) is 149 cm³/mol. The quantitative estimate of drug-likeness (QED) is 0.417. The number of aryl methyl sites for hydroxylation is 1. The summed E-state index contributed by atoms with van der Waals surface area (Å²) in [4.78, 5) is 18.6. The van der Waals surface area contributed by atoms with Crippen molar-refractivity contribution in [1.82, 2.24) is 15.2 Å². The number of aromatic nitrogens is 1. The Bertz CT molecular complexity index is 1090. The lowest BCUT2D eigenvalue weighted by molar-refractivity contribution is -0.132. The van der Waals surface area contributed by atoms with Crippen LogP contribution in [0.5, 0.6) is 0 Å². The number of benzene rings is 1. The molecule has 188 valence electrons. The van der Waals surface area contributed by atoms with Gasteiger partial charge >= 0.3 is 0 Å². The van der Waals surface area contributed by atoms with Gasteiger partial charge in [-0.2, -0.15) is 0 Å². The Labute approximate surface area is 211 Å². The summed E-state index contributed by atoms with van der Waals surface area (Å²) in [5.74, 6) is 1.61. The Morgan fingerprint density at radius 2 is 1.89 bits per heavy atom. The maximum absolute atomic E-state index is 12.8. The molecule has 2 aliphatic heterocycles. The number of aromatic amines is 1. The lowest BCUT2D eigenvalue weighted by atomic mass is 9.87. The zero-order valence-corrected chi connectivity index (χ0v) is 22.0. The number of hydrogen-bond acceptors (Lipinski definition) is 2. The van der Waals surface area contributed by atoms with Crippen molar-refractivity contribution in [2.75, 3.05) is 26.2 Å². The third kappa shape index (κ3) is 6.16. The first kappa shape index (κ1) is 25.5. The predicted octanol–water partition coefficient (Wildman–Crippen LogP) is 6.75. The van der Waals surface area contributed by atoms with Gasteiger partial charge in [-0.1, -0.05) is 43.4 Å². The molecule has 4 heteroatoms. The fraction of sp³-hybridized carbons (Fsp3) is 0.516. The van der Waals surface area contributed by atoms with Gasteiger partial charge in [0, 0.05) is 36.1 Å². The smallest absolute Gasteiger partial charge is 0.222 e. The minimum Gasteiger partial charge on any atom is -0.354 e. The number of hydrogen-bond donors (Lipinski definition) is 2. The van der Waals surface area contributed by atoms with Crippen LogP contribution in [0.25, 0.3) is 16.5 Å². The third-order valence-electron chi connectivity index (χ3n) is 7.86. The molecule has 1 aromatic carbocycles. The van der Waals surface area contributed by atoms with E-state index < -0.39 is 0 Å². The maximum atomic E-state index is 12.8. The number of likely N-dealkylation sites (tertiary alicyclic amines) is 1. The third-order valence-corrected chi connectivity index (χ3v) is 7.86. The van der Waals surface area contributed by atoms with Gasteiger partial charge in [0.2, 0.25) is 5.91 Å². The number of piperidine rings is 2. The van der Waals surface area contributed by atoms with Crippen molar-refractivity contribution in [2.24, 2.45) is 5.92 Å². The topological polar surface area (TPSA) is 48.1 Å². The number of carbonyl (C=O) groups excluding carboxylic acids is 1. The molecule has 0 spiro atoms. The van der Waals surface area contributed by atoms with E-state index in [-0.39, 0.29) is 0 Å². The highest BCUT2D eigenvalue weighted by atomic mass is 16.2. The van der Waals surface area contributed by atoms with Gasteiger partial charge < -0.3 is 15.2 Å². The molecule has 2 fully saturated rings. The van der Waals surface area contributed by atoms with Crippen LogP contribution in [0.2, 0.25) is 0 Å². The Kier molecular flexibility index (Phi) is 8.67. The highest BCUT2D eigenvalue weighted by molar-refractivity contribution is 5.92. The van der Waals surface area contributed by atoms with Crippen molar-refractivity contribution in [3.63, 3.8) is 0 Å². The van der Waals surface area contributed by atoms with E-state index in [1.54, 1.807) is 0 Å². The molecule has 4 rings (SSSR count). The second-order valence-electron chi connectivity index (χ2n) is 10.6. The largest absolute Gasteiger partial charge is 0.354 e. The van der Waals surface area contributed by atoms with Gasteiger partial charge in [0.1, 0.15) is 0 Å². The van der Waals surface area contributed by atoms with Crippen LogP contribution in [0, 0.1) is 5.92 Å². The number of amides is 1.